The monoisotopic (exact) mass is 290 g/mol. The van der Waals surface area contributed by atoms with E-state index in [0.29, 0.717) is 18.7 Å². The molecule has 0 aliphatic heterocycles. The van der Waals surface area contributed by atoms with Crippen LogP contribution in [0.2, 0.25) is 0 Å². The summed E-state index contributed by atoms with van der Waals surface area (Å²) < 4.78 is 5.47. The van der Waals surface area contributed by atoms with Crippen LogP contribution in [0.4, 0.5) is 0 Å². The van der Waals surface area contributed by atoms with E-state index in [1.807, 2.05) is 30.6 Å². The molecule has 2 aromatic rings. The first-order valence-corrected chi connectivity index (χ1v) is 8.00. The van der Waals surface area contributed by atoms with Gasteiger partial charge in [-0.1, -0.05) is 19.1 Å². The number of hydrogen-bond donors (Lipinski definition) is 1. The zero-order valence-electron chi connectivity index (χ0n) is 12.3. The van der Waals surface area contributed by atoms with Gasteiger partial charge in [0.25, 0.3) is 0 Å². The molecule has 1 N–H and O–H groups in total. The van der Waals surface area contributed by atoms with Crippen LogP contribution in [0.1, 0.15) is 49.8 Å². The standard InChI is InChI=1S/C16H22N2OS/c1-4-15(16-17-10-11-20-16)18-12(3)13-6-8-14(9-7-13)19-5-2/h6-12,15,18H,4-5H2,1-3H3. The minimum Gasteiger partial charge on any atom is -0.494 e. The third kappa shape index (κ3) is 3.81. The predicted molar refractivity (Wildman–Crippen MR) is 84.3 cm³/mol. The lowest BCUT2D eigenvalue weighted by molar-refractivity contribution is 0.340. The molecule has 4 heteroatoms. The molecule has 0 aliphatic rings. The minimum absolute atomic E-state index is 0.291. The van der Waals surface area contributed by atoms with Crippen LogP contribution in [0.3, 0.4) is 0 Å². The molecule has 1 aromatic carbocycles. The van der Waals surface area contributed by atoms with Crippen LogP contribution in [-0.2, 0) is 0 Å². The van der Waals surface area contributed by atoms with Crippen molar-refractivity contribution in [1.82, 2.24) is 10.3 Å². The average molecular weight is 290 g/mol. The van der Waals surface area contributed by atoms with Crippen LogP contribution in [-0.4, -0.2) is 11.6 Å². The van der Waals surface area contributed by atoms with E-state index in [9.17, 15) is 0 Å². The van der Waals surface area contributed by atoms with Crippen molar-refractivity contribution in [3.05, 3.63) is 46.4 Å². The molecule has 1 heterocycles. The molecule has 0 bridgehead atoms. The second kappa shape index (κ2) is 7.41. The largest absolute Gasteiger partial charge is 0.494 e. The number of aromatic nitrogens is 1. The number of nitrogens with zero attached hydrogens (tertiary/aromatic N) is 1. The number of benzene rings is 1. The zero-order valence-corrected chi connectivity index (χ0v) is 13.1. The second-order valence-electron chi connectivity index (χ2n) is 4.72. The SMILES string of the molecule is CCOc1ccc(C(C)NC(CC)c2nccs2)cc1. The Hall–Kier alpha value is -1.39. The fourth-order valence-electron chi connectivity index (χ4n) is 2.19. The van der Waals surface area contributed by atoms with E-state index in [4.69, 9.17) is 4.74 Å². The van der Waals surface area contributed by atoms with E-state index >= 15 is 0 Å². The van der Waals surface area contributed by atoms with E-state index in [-0.39, 0.29) is 0 Å². The summed E-state index contributed by atoms with van der Waals surface area (Å²) in [5.41, 5.74) is 1.27. The normalized spacial score (nSPS) is 13.9. The number of hydrogen-bond acceptors (Lipinski definition) is 4. The van der Waals surface area contributed by atoms with Crippen LogP contribution in [0.25, 0.3) is 0 Å². The molecule has 1 aromatic heterocycles. The number of nitrogens with one attached hydrogen (secondary N) is 1. The Bertz CT molecular complexity index is 496. The summed E-state index contributed by atoms with van der Waals surface area (Å²) in [6.45, 7) is 7.07. The summed E-state index contributed by atoms with van der Waals surface area (Å²) in [6.07, 6.45) is 2.90. The first-order valence-electron chi connectivity index (χ1n) is 7.12. The summed E-state index contributed by atoms with van der Waals surface area (Å²) in [5, 5.41) is 6.83. The van der Waals surface area contributed by atoms with Gasteiger partial charge in [-0.2, -0.15) is 0 Å². The third-order valence-electron chi connectivity index (χ3n) is 3.30. The number of rotatable bonds is 7. The summed E-state index contributed by atoms with van der Waals surface area (Å²) in [4.78, 5) is 4.41. The van der Waals surface area contributed by atoms with Crippen molar-refractivity contribution in [3.63, 3.8) is 0 Å². The lowest BCUT2D eigenvalue weighted by atomic mass is 10.1. The van der Waals surface area contributed by atoms with Crippen LogP contribution in [0, 0.1) is 0 Å². The second-order valence-corrected chi connectivity index (χ2v) is 5.65. The molecule has 108 valence electrons. The third-order valence-corrected chi connectivity index (χ3v) is 4.19. The van der Waals surface area contributed by atoms with E-state index in [1.54, 1.807) is 11.3 Å². The minimum atomic E-state index is 0.291. The summed E-state index contributed by atoms with van der Waals surface area (Å²) >= 11 is 1.71. The molecule has 0 aliphatic carbocycles. The summed E-state index contributed by atoms with van der Waals surface area (Å²) in [6, 6.07) is 8.91. The van der Waals surface area contributed by atoms with Crippen molar-refractivity contribution in [1.29, 1.82) is 0 Å². The van der Waals surface area contributed by atoms with Gasteiger partial charge in [0.15, 0.2) is 0 Å². The number of ether oxygens (including phenoxy) is 1. The van der Waals surface area contributed by atoms with E-state index in [0.717, 1.165) is 17.2 Å². The first kappa shape index (κ1) is 15.0. The Kier molecular flexibility index (Phi) is 5.56. The van der Waals surface area contributed by atoms with Crippen molar-refractivity contribution < 1.29 is 4.74 Å². The molecule has 20 heavy (non-hydrogen) atoms. The molecule has 2 rings (SSSR count). The Balaban J connectivity index is 2.01. The van der Waals surface area contributed by atoms with Crippen LogP contribution in [0.15, 0.2) is 35.8 Å². The Morgan fingerprint density at radius 1 is 1.25 bits per heavy atom. The lowest BCUT2D eigenvalue weighted by Gasteiger charge is -2.21. The van der Waals surface area contributed by atoms with Gasteiger partial charge >= 0.3 is 0 Å². The van der Waals surface area contributed by atoms with Crippen molar-refractivity contribution >= 4 is 11.3 Å². The molecule has 0 saturated carbocycles. The van der Waals surface area contributed by atoms with Gasteiger partial charge < -0.3 is 10.1 Å². The van der Waals surface area contributed by atoms with Gasteiger partial charge in [-0.3, -0.25) is 0 Å². The molecule has 0 amide bonds. The van der Waals surface area contributed by atoms with Crippen LogP contribution < -0.4 is 10.1 Å². The average Bonchev–Trinajstić information content (AvgIpc) is 2.99. The highest BCUT2D eigenvalue weighted by Gasteiger charge is 2.15. The van der Waals surface area contributed by atoms with Gasteiger partial charge in [-0.25, -0.2) is 4.98 Å². The molecule has 0 saturated heterocycles. The summed E-state index contributed by atoms with van der Waals surface area (Å²) in [7, 11) is 0. The first-order chi connectivity index (χ1) is 9.74. The van der Waals surface area contributed by atoms with Crippen LogP contribution in [0.5, 0.6) is 5.75 Å². The zero-order chi connectivity index (χ0) is 14.4. The Morgan fingerprint density at radius 3 is 2.55 bits per heavy atom. The Labute approximate surface area is 125 Å². The lowest BCUT2D eigenvalue weighted by Crippen LogP contribution is -2.24. The Morgan fingerprint density at radius 2 is 2.00 bits per heavy atom. The van der Waals surface area contributed by atoms with E-state index < -0.39 is 0 Å². The molecule has 3 nitrogen and oxygen atoms in total. The molecule has 2 atom stereocenters. The highest BCUT2D eigenvalue weighted by Crippen LogP contribution is 2.24. The quantitative estimate of drug-likeness (QED) is 0.823. The van der Waals surface area contributed by atoms with Gasteiger partial charge in [0.2, 0.25) is 0 Å². The van der Waals surface area contributed by atoms with E-state index in [1.165, 1.54) is 5.56 Å². The van der Waals surface area contributed by atoms with Crippen LogP contribution >= 0.6 is 11.3 Å². The molecule has 0 radical (unpaired) electrons. The van der Waals surface area contributed by atoms with Gasteiger partial charge in [0, 0.05) is 17.6 Å². The maximum Gasteiger partial charge on any atom is 0.119 e. The molecule has 2 unspecified atom stereocenters. The highest BCUT2D eigenvalue weighted by molar-refractivity contribution is 7.09. The number of thiazole rings is 1. The van der Waals surface area contributed by atoms with E-state index in [2.05, 4.69) is 36.3 Å². The molecular weight excluding hydrogens is 268 g/mol. The van der Waals surface area contributed by atoms with Gasteiger partial charge in [-0.05, 0) is 38.0 Å². The van der Waals surface area contributed by atoms with Crippen molar-refractivity contribution in [2.24, 2.45) is 0 Å². The fraction of sp³-hybridized carbons (Fsp3) is 0.438. The van der Waals surface area contributed by atoms with Crippen molar-refractivity contribution in [2.45, 2.75) is 39.3 Å². The predicted octanol–water partition coefficient (Wildman–Crippen LogP) is 4.34. The maximum absolute atomic E-state index is 5.47. The maximum atomic E-state index is 5.47. The molecule has 0 spiro atoms. The smallest absolute Gasteiger partial charge is 0.119 e. The van der Waals surface area contributed by atoms with Crippen molar-refractivity contribution in [2.75, 3.05) is 6.61 Å². The van der Waals surface area contributed by atoms with Gasteiger partial charge in [0.05, 0.1) is 12.6 Å². The highest BCUT2D eigenvalue weighted by atomic mass is 32.1. The van der Waals surface area contributed by atoms with Gasteiger partial charge in [-0.15, -0.1) is 11.3 Å². The molecular formula is C16H22N2OS. The van der Waals surface area contributed by atoms with Crippen molar-refractivity contribution in [3.8, 4) is 5.75 Å². The van der Waals surface area contributed by atoms with Gasteiger partial charge in [0.1, 0.15) is 10.8 Å². The fourth-order valence-corrected chi connectivity index (χ4v) is 2.97. The topological polar surface area (TPSA) is 34.1 Å². The molecule has 0 fully saturated rings. The summed E-state index contributed by atoms with van der Waals surface area (Å²) in [5.74, 6) is 0.926.